The summed E-state index contributed by atoms with van der Waals surface area (Å²) in [6.07, 6.45) is 7.87. The van der Waals surface area contributed by atoms with Crippen molar-refractivity contribution in [2.45, 2.75) is 32.2 Å². The van der Waals surface area contributed by atoms with Crippen LogP contribution in [0.1, 0.15) is 41.4 Å². The number of amides is 2. The van der Waals surface area contributed by atoms with Crippen molar-refractivity contribution in [2.75, 3.05) is 39.0 Å². The van der Waals surface area contributed by atoms with Crippen molar-refractivity contribution in [1.82, 2.24) is 24.3 Å². The molecular formula is C26H31ClN6O2. The van der Waals surface area contributed by atoms with Gasteiger partial charge in [0.05, 0.1) is 22.1 Å². The number of rotatable bonds is 6. The molecule has 0 bridgehead atoms. The highest BCUT2D eigenvalue weighted by molar-refractivity contribution is 6.35. The second kappa shape index (κ2) is 11.0. The summed E-state index contributed by atoms with van der Waals surface area (Å²) in [6, 6.07) is 8.88. The quantitative estimate of drug-likeness (QED) is 0.516. The highest BCUT2D eigenvalue weighted by Crippen LogP contribution is 2.34. The summed E-state index contributed by atoms with van der Waals surface area (Å²) >= 11 is 6.63. The molecule has 1 saturated heterocycles. The second-order valence-corrected chi connectivity index (χ2v) is 9.56. The lowest BCUT2D eigenvalue weighted by Crippen LogP contribution is -2.34. The molecule has 2 amide bonds. The van der Waals surface area contributed by atoms with Gasteiger partial charge in [0.15, 0.2) is 0 Å². The molecule has 0 unspecified atom stereocenters. The van der Waals surface area contributed by atoms with Gasteiger partial charge >= 0.3 is 0 Å². The monoisotopic (exact) mass is 494 g/mol. The molecule has 0 radical (unpaired) electrons. The number of aryl methyl sites for hydroxylation is 1. The topological polar surface area (TPSA) is 83.4 Å². The molecule has 2 aromatic heterocycles. The largest absolute Gasteiger partial charge is 0.337 e. The van der Waals surface area contributed by atoms with Gasteiger partial charge in [0.2, 0.25) is 11.9 Å². The molecule has 1 atom stereocenters. The van der Waals surface area contributed by atoms with E-state index in [0.717, 1.165) is 30.5 Å². The molecule has 1 aliphatic heterocycles. The van der Waals surface area contributed by atoms with E-state index in [2.05, 4.69) is 10.3 Å². The molecule has 1 aliphatic rings. The summed E-state index contributed by atoms with van der Waals surface area (Å²) in [7, 11) is 3.93. The Kier molecular flexibility index (Phi) is 7.83. The molecule has 184 valence electrons. The predicted octanol–water partition coefficient (Wildman–Crippen LogP) is 4.32. The number of pyridine rings is 1. The van der Waals surface area contributed by atoms with Gasteiger partial charge in [0, 0.05) is 43.2 Å². The van der Waals surface area contributed by atoms with Gasteiger partial charge in [-0.15, -0.1) is 0 Å². The van der Waals surface area contributed by atoms with Gasteiger partial charge in [-0.05, 0) is 64.5 Å². The number of anilines is 1. The van der Waals surface area contributed by atoms with Crippen LogP contribution in [-0.2, 0) is 4.79 Å². The number of carbonyl (C=O) groups excluding carboxylic acids is 2. The third-order valence-electron chi connectivity index (χ3n) is 6.10. The van der Waals surface area contributed by atoms with E-state index in [0.29, 0.717) is 41.7 Å². The van der Waals surface area contributed by atoms with E-state index in [4.69, 9.17) is 16.6 Å². The number of hydrogen-bond donors (Lipinski definition) is 1. The summed E-state index contributed by atoms with van der Waals surface area (Å²) in [5, 5.41) is 3.54. The van der Waals surface area contributed by atoms with Crippen LogP contribution in [0.2, 0.25) is 5.02 Å². The summed E-state index contributed by atoms with van der Waals surface area (Å²) in [4.78, 5) is 38.8. The predicted molar refractivity (Wildman–Crippen MR) is 139 cm³/mol. The van der Waals surface area contributed by atoms with E-state index in [-0.39, 0.29) is 17.9 Å². The van der Waals surface area contributed by atoms with Gasteiger partial charge < -0.3 is 14.4 Å². The Hall–Kier alpha value is -3.23. The Morgan fingerprint density at radius 3 is 2.86 bits per heavy atom. The Bertz CT molecular complexity index is 1250. The van der Waals surface area contributed by atoms with Crippen LogP contribution < -0.4 is 5.32 Å². The number of carbonyl (C=O) groups is 2. The number of likely N-dealkylation sites (tertiary alicyclic amines) is 1. The fourth-order valence-electron chi connectivity index (χ4n) is 4.41. The molecule has 0 saturated carbocycles. The van der Waals surface area contributed by atoms with Crippen molar-refractivity contribution in [3.8, 4) is 0 Å². The van der Waals surface area contributed by atoms with Crippen LogP contribution in [0, 0.1) is 6.92 Å². The first kappa shape index (κ1) is 24.9. The Morgan fingerprint density at radius 1 is 1.26 bits per heavy atom. The van der Waals surface area contributed by atoms with Crippen molar-refractivity contribution < 1.29 is 9.59 Å². The Labute approximate surface area is 210 Å². The minimum absolute atomic E-state index is 0.00730. The highest BCUT2D eigenvalue weighted by atomic mass is 35.5. The molecule has 1 aromatic carbocycles. The first-order valence-electron chi connectivity index (χ1n) is 11.8. The molecule has 0 spiro atoms. The SMILES string of the molecule is Cc1cc(C(=O)Nc2nc3cccc(Cl)c3n2[C@@H]2CCCCN(C(=O)C=CCN(C)C)C2)ccn1. The molecule has 3 heterocycles. The zero-order chi connectivity index (χ0) is 24.9. The number of aromatic nitrogens is 3. The van der Waals surface area contributed by atoms with Crippen molar-refractivity contribution in [1.29, 1.82) is 0 Å². The van der Waals surface area contributed by atoms with Crippen LogP contribution >= 0.6 is 11.6 Å². The van der Waals surface area contributed by atoms with E-state index in [1.165, 1.54) is 0 Å². The van der Waals surface area contributed by atoms with Crippen LogP contribution in [0.25, 0.3) is 11.0 Å². The van der Waals surface area contributed by atoms with Crippen LogP contribution in [0.4, 0.5) is 5.95 Å². The maximum Gasteiger partial charge on any atom is 0.258 e. The van der Waals surface area contributed by atoms with Gasteiger partial charge in [0.1, 0.15) is 0 Å². The number of hydrogen-bond acceptors (Lipinski definition) is 5. The fraction of sp³-hybridized carbons (Fsp3) is 0.385. The van der Waals surface area contributed by atoms with E-state index < -0.39 is 0 Å². The average Bonchev–Trinajstić information content (AvgIpc) is 3.01. The average molecular weight is 495 g/mol. The summed E-state index contributed by atoms with van der Waals surface area (Å²) in [6.45, 7) is 3.75. The van der Waals surface area contributed by atoms with Gasteiger partial charge in [-0.25, -0.2) is 4.98 Å². The van der Waals surface area contributed by atoms with Crippen LogP contribution in [0.3, 0.4) is 0 Å². The lowest BCUT2D eigenvalue weighted by molar-refractivity contribution is -0.126. The normalized spacial score (nSPS) is 16.7. The third kappa shape index (κ3) is 5.89. The Balaban J connectivity index is 1.68. The van der Waals surface area contributed by atoms with E-state index in [9.17, 15) is 9.59 Å². The van der Waals surface area contributed by atoms with Gasteiger partial charge in [0.25, 0.3) is 5.91 Å². The van der Waals surface area contributed by atoms with E-state index in [1.54, 1.807) is 24.4 Å². The molecular weight excluding hydrogens is 464 g/mol. The van der Waals surface area contributed by atoms with Crippen molar-refractivity contribution in [3.63, 3.8) is 0 Å². The summed E-state index contributed by atoms with van der Waals surface area (Å²) in [5.74, 6) is 0.151. The molecule has 1 fully saturated rings. The lowest BCUT2D eigenvalue weighted by atomic mass is 10.1. The number of likely N-dealkylation sites (N-methyl/N-ethyl adjacent to an activating group) is 1. The van der Waals surface area contributed by atoms with Crippen molar-refractivity contribution in [2.24, 2.45) is 0 Å². The van der Waals surface area contributed by atoms with Gasteiger partial charge in [-0.2, -0.15) is 0 Å². The first-order chi connectivity index (χ1) is 16.8. The molecule has 1 N–H and O–H groups in total. The zero-order valence-corrected chi connectivity index (χ0v) is 21.1. The minimum Gasteiger partial charge on any atom is -0.337 e. The van der Waals surface area contributed by atoms with E-state index >= 15 is 0 Å². The second-order valence-electron chi connectivity index (χ2n) is 9.15. The molecule has 0 aliphatic carbocycles. The van der Waals surface area contributed by atoms with Crippen LogP contribution in [0.15, 0.2) is 48.7 Å². The fourth-order valence-corrected chi connectivity index (χ4v) is 4.67. The highest BCUT2D eigenvalue weighted by Gasteiger charge is 2.27. The van der Waals surface area contributed by atoms with Gasteiger partial charge in [-0.1, -0.05) is 23.7 Å². The van der Waals surface area contributed by atoms with Crippen molar-refractivity contribution in [3.05, 3.63) is 65.0 Å². The van der Waals surface area contributed by atoms with Crippen LogP contribution in [0.5, 0.6) is 0 Å². The summed E-state index contributed by atoms with van der Waals surface area (Å²) < 4.78 is 2.00. The number of para-hydroxylation sites is 1. The number of fused-ring (bicyclic) bond motifs is 1. The minimum atomic E-state index is -0.267. The number of nitrogens with one attached hydrogen (secondary N) is 1. The molecule has 3 aromatic rings. The lowest BCUT2D eigenvalue weighted by Gasteiger charge is -2.26. The smallest absolute Gasteiger partial charge is 0.258 e. The maximum atomic E-state index is 13.1. The van der Waals surface area contributed by atoms with E-state index in [1.807, 2.05) is 59.7 Å². The number of nitrogens with zero attached hydrogens (tertiary/aromatic N) is 5. The number of imidazole rings is 1. The van der Waals surface area contributed by atoms with Gasteiger partial charge in [-0.3, -0.25) is 19.9 Å². The Morgan fingerprint density at radius 2 is 2.09 bits per heavy atom. The summed E-state index contributed by atoms with van der Waals surface area (Å²) in [5.41, 5.74) is 2.73. The third-order valence-corrected chi connectivity index (χ3v) is 6.40. The number of halogens is 1. The molecule has 4 rings (SSSR count). The zero-order valence-electron chi connectivity index (χ0n) is 20.4. The van der Waals surface area contributed by atoms with Crippen molar-refractivity contribution >= 4 is 40.4 Å². The standard InChI is InChI=1S/C26H31ClN6O2/c1-18-16-19(12-13-28-18)25(35)30-26-29-22-10-6-9-21(27)24(22)33(26)20-8-4-5-15-32(17-20)23(34)11-7-14-31(2)3/h6-7,9-13,16,20H,4-5,8,14-15,17H2,1-3H3,(H,29,30,35)/t20-/m1/s1. The maximum absolute atomic E-state index is 13.1. The molecule has 8 nitrogen and oxygen atoms in total. The first-order valence-corrected chi connectivity index (χ1v) is 12.2. The number of benzene rings is 1. The molecule has 9 heteroatoms. The van der Waals surface area contributed by atoms with Crippen LogP contribution in [-0.4, -0.2) is 69.9 Å². The molecule has 35 heavy (non-hydrogen) atoms.